The normalized spacial score (nSPS) is 20.5. The van der Waals surface area contributed by atoms with Crippen LogP contribution in [0.4, 0.5) is 0 Å². The summed E-state index contributed by atoms with van der Waals surface area (Å²) in [5.41, 5.74) is 2.82. The Balaban J connectivity index is 0.00000104. The summed E-state index contributed by atoms with van der Waals surface area (Å²) < 4.78 is 0. The average Bonchev–Trinajstić information content (AvgIpc) is 3.01. The Bertz CT molecular complexity index is 604. The van der Waals surface area contributed by atoms with Crippen molar-refractivity contribution in [1.29, 1.82) is 0 Å². The highest BCUT2D eigenvalue weighted by molar-refractivity contribution is 5.83. The van der Waals surface area contributed by atoms with E-state index < -0.39 is 0 Å². The van der Waals surface area contributed by atoms with Gasteiger partial charge in [-0.2, -0.15) is 0 Å². The van der Waals surface area contributed by atoms with E-state index in [1.54, 1.807) is 0 Å². The number of aromatic nitrogens is 1. The lowest BCUT2D eigenvalue weighted by atomic mass is 9.89. The van der Waals surface area contributed by atoms with Crippen LogP contribution < -0.4 is 0 Å². The highest BCUT2D eigenvalue weighted by Gasteiger charge is 2.24. The fourth-order valence-electron chi connectivity index (χ4n) is 4.20. The summed E-state index contributed by atoms with van der Waals surface area (Å²) in [5.74, 6) is 0.730. The summed E-state index contributed by atoms with van der Waals surface area (Å²) in [5, 5.41) is 1.43. The first-order valence-corrected chi connectivity index (χ1v) is 8.91. The maximum atomic E-state index is 3.44. The first-order valence-electron chi connectivity index (χ1n) is 8.91. The monoisotopic (exact) mass is 329 g/mol. The summed E-state index contributed by atoms with van der Waals surface area (Å²) in [6, 6.07) is 8.72. The number of nitrogens with one attached hydrogen (secondary N) is 1. The van der Waals surface area contributed by atoms with Gasteiger partial charge in [0, 0.05) is 17.1 Å². The Morgan fingerprint density at radius 2 is 1.54 bits per heavy atom. The molecule has 0 amide bonds. The van der Waals surface area contributed by atoms with E-state index in [1.165, 1.54) is 81.4 Å². The van der Waals surface area contributed by atoms with Crippen LogP contribution in [0.15, 0.2) is 30.5 Å². The lowest BCUT2D eigenvalue weighted by molar-refractivity contribution is 0.0928. The molecule has 1 N–H and O–H groups in total. The Morgan fingerprint density at radius 1 is 0.875 bits per heavy atom. The quantitative estimate of drug-likeness (QED) is 0.850. The van der Waals surface area contributed by atoms with Gasteiger partial charge in [-0.3, -0.25) is 9.80 Å². The van der Waals surface area contributed by atoms with Gasteiger partial charge in [0.25, 0.3) is 0 Å². The molecule has 4 rings (SSSR count). The van der Waals surface area contributed by atoms with Gasteiger partial charge in [0.05, 0.1) is 6.67 Å². The molecule has 0 aliphatic carbocycles. The summed E-state index contributed by atoms with van der Waals surface area (Å²) >= 11 is 0. The molecule has 1 aromatic carbocycles. The lowest BCUT2D eigenvalue weighted by Gasteiger charge is -2.37. The molecule has 0 atom stereocenters. The third-order valence-corrected chi connectivity index (χ3v) is 5.50. The molecule has 2 saturated heterocycles. The number of hydrogen-bond donors (Lipinski definition) is 1. The van der Waals surface area contributed by atoms with E-state index in [0.29, 0.717) is 0 Å². The molecule has 2 aromatic rings. The van der Waals surface area contributed by atoms with Crippen LogP contribution in [0.25, 0.3) is 10.9 Å². The van der Waals surface area contributed by atoms with Gasteiger partial charge in [0.1, 0.15) is 0 Å². The van der Waals surface area contributed by atoms with Crippen molar-refractivity contribution in [2.75, 3.05) is 32.8 Å². The van der Waals surface area contributed by atoms with Gasteiger partial charge in [-0.05, 0) is 69.4 Å². The number of fused-ring (bicyclic) bond motifs is 1. The van der Waals surface area contributed by atoms with Gasteiger partial charge >= 0.3 is 0 Å². The zero-order valence-corrected chi connectivity index (χ0v) is 13.4. The Kier molecular flexibility index (Phi) is 6.88. The van der Waals surface area contributed by atoms with Crippen molar-refractivity contribution in [3.63, 3.8) is 0 Å². The smallest absolute Gasteiger partial charge is 0.0506 e. The molecule has 0 spiro atoms. The molecule has 0 saturated carbocycles. The van der Waals surface area contributed by atoms with Gasteiger partial charge in [-0.1, -0.05) is 39.5 Å². The number of likely N-dealkylation sites (tertiary alicyclic amines) is 2. The first-order chi connectivity index (χ1) is 10.9. The second-order valence-electron chi connectivity index (χ2n) is 7.00. The Morgan fingerprint density at radius 3 is 2.29 bits per heavy atom. The van der Waals surface area contributed by atoms with E-state index in [0.717, 1.165) is 5.92 Å². The number of H-pyrrole nitrogens is 1. The Hall–Kier alpha value is -1.32. The van der Waals surface area contributed by atoms with Crippen LogP contribution in [-0.4, -0.2) is 47.6 Å². The van der Waals surface area contributed by atoms with Crippen molar-refractivity contribution < 1.29 is 0 Å². The Labute approximate surface area is 148 Å². The molecule has 0 bridgehead atoms. The number of nitrogens with zero attached hydrogens (tertiary/aromatic N) is 2. The minimum Gasteiger partial charge on any atom is -0.361 e. The molecule has 3 heterocycles. The van der Waals surface area contributed by atoms with Crippen LogP contribution in [0.5, 0.6) is 0 Å². The van der Waals surface area contributed by atoms with Crippen LogP contribution in [-0.2, 0) is 0 Å². The van der Waals surface area contributed by atoms with Gasteiger partial charge in [0.2, 0.25) is 0 Å². The zero-order chi connectivity index (χ0) is 14.8. The largest absolute Gasteiger partial charge is 0.361 e. The predicted octanol–water partition coefficient (Wildman–Crippen LogP) is 5.06. The van der Waals surface area contributed by atoms with Crippen LogP contribution in [0.3, 0.4) is 0 Å². The molecular formula is C21H35N3. The number of benzene rings is 1. The van der Waals surface area contributed by atoms with Crippen molar-refractivity contribution in [3.05, 3.63) is 36.0 Å². The maximum Gasteiger partial charge on any atom is 0.0506 e. The van der Waals surface area contributed by atoms with Crippen LogP contribution in [0.2, 0.25) is 0 Å². The molecule has 0 radical (unpaired) electrons. The average molecular weight is 330 g/mol. The number of piperidine rings is 2. The third-order valence-electron chi connectivity index (χ3n) is 5.50. The van der Waals surface area contributed by atoms with Crippen molar-refractivity contribution in [2.24, 2.45) is 0 Å². The molecular weight excluding hydrogens is 294 g/mol. The highest BCUT2D eigenvalue weighted by Crippen LogP contribution is 2.33. The van der Waals surface area contributed by atoms with Crippen LogP contribution in [0.1, 0.15) is 58.4 Å². The summed E-state index contributed by atoms with van der Waals surface area (Å²) in [4.78, 5) is 8.75. The van der Waals surface area contributed by atoms with Crippen molar-refractivity contribution in [1.82, 2.24) is 14.8 Å². The number of hydrogen-bond acceptors (Lipinski definition) is 2. The maximum absolute atomic E-state index is 3.44. The molecule has 3 heteroatoms. The molecule has 24 heavy (non-hydrogen) atoms. The summed E-state index contributed by atoms with van der Waals surface area (Å²) in [6.45, 7) is 6.31. The van der Waals surface area contributed by atoms with Gasteiger partial charge in [0.15, 0.2) is 0 Å². The van der Waals surface area contributed by atoms with E-state index in [1.807, 2.05) is 0 Å². The molecule has 0 unspecified atom stereocenters. The van der Waals surface area contributed by atoms with E-state index in [2.05, 4.69) is 45.2 Å². The lowest BCUT2D eigenvalue weighted by Crippen LogP contribution is -2.43. The molecule has 2 aliphatic rings. The fraction of sp³-hybridized carbons (Fsp3) is 0.619. The number of para-hydroxylation sites is 1. The van der Waals surface area contributed by atoms with E-state index in [4.69, 9.17) is 0 Å². The van der Waals surface area contributed by atoms with E-state index in [9.17, 15) is 0 Å². The second-order valence-corrected chi connectivity index (χ2v) is 7.00. The topological polar surface area (TPSA) is 22.3 Å². The number of rotatable bonds is 3. The molecule has 2 fully saturated rings. The van der Waals surface area contributed by atoms with E-state index in [-0.39, 0.29) is 14.9 Å². The van der Waals surface area contributed by atoms with E-state index >= 15 is 0 Å². The molecule has 1 aromatic heterocycles. The predicted molar refractivity (Wildman–Crippen MR) is 106 cm³/mol. The zero-order valence-electron chi connectivity index (χ0n) is 13.4. The van der Waals surface area contributed by atoms with Gasteiger partial charge in [-0.25, -0.2) is 0 Å². The minimum absolute atomic E-state index is 0. The summed E-state index contributed by atoms with van der Waals surface area (Å²) in [7, 11) is 0. The SMILES string of the molecule is C.C.c1ccc2c(C3CCN(CN4CCCCC4)CC3)c[nH]c2c1. The fourth-order valence-corrected chi connectivity index (χ4v) is 4.20. The van der Waals surface area contributed by atoms with Crippen LogP contribution >= 0.6 is 0 Å². The van der Waals surface area contributed by atoms with Crippen molar-refractivity contribution in [2.45, 2.75) is 52.9 Å². The van der Waals surface area contributed by atoms with Gasteiger partial charge in [-0.15, -0.1) is 0 Å². The first kappa shape index (κ1) is 19.0. The van der Waals surface area contributed by atoms with Gasteiger partial charge < -0.3 is 4.98 Å². The molecule has 134 valence electrons. The molecule has 3 nitrogen and oxygen atoms in total. The number of aromatic amines is 1. The molecule has 2 aliphatic heterocycles. The third kappa shape index (κ3) is 4.01. The second kappa shape index (κ2) is 8.68. The summed E-state index contributed by atoms with van der Waals surface area (Å²) in [6.07, 6.45) is 9.07. The standard InChI is InChI=1S/C19H27N3.2CH4/c1-4-10-21(11-5-1)15-22-12-8-16(9-13-22)18-14-20-19-7-3-2-6-17(18)19;;/h2-3,6-7,14,16,20H,1,4-5,8-13,15H2;2*1H4. The van der Waals surface area contributed by atoms with Crippen LogP contribution in [0, 0.1) is 0 Å². The van der Waals surface area contributed by atoms with Crippen molar-refractivity contribution >= 4 is 10.9 Å². The minimum atomic E-state index is 0. The van der Waals surface area contributed by atoms with Crippen molar-refractivity contribution in [3.8, 4) is 0 Å². The highest BCUT2D eigenvalue weighted by atomic mass is 15.3.